The van der Waals surface area contributed by atoms with Crippen molar-refractivity contribution in [3.05, 3.63) is 41.1 Å². The lowest BCUT2D eigenvalue weighted by Crippen LogP contribution is -2.44. The molecular formula is C26H33N3O5. The second-order valence-corrected chi connectivity index (χ2v) is 9.25. The molecule has 2 aliphatic rings. The van der Waals surface area contributed by atoms with Gasteiger partial charge in [0.2, 0.25) is 0 Å². The summed E-state index contributed by atoms with van der Waals surface area (Å²) in [5.41, 5.74) is 3.06. The van der Waals surface area contributed by atoms with E-state index in [2.05, 4.69) is 18.7 Å². The number of esters is 2. The van der Waals surface area contributed by atoms with Crippen molar-refractivity contribution in [2.75, 3.05) is 32.8 Å². The summed E-state index contributed by atoms with van der Waals surface area (Å²) >= 11 is 0. The van der Waals surface area contributed by atoms with Gasteiger partial charge in [0, 0.05) is 55.3 Å². The smallest absolute Gasteiger partial charge is 0.339 e. The first-order chi connectivity index (χ1) is 16.4. The number of piperidine rings is 1. The van der Waals surface area contributed by atoms with Crippen molar-refractivity contribution in [1.82, 2.24) is 14.8 Å². The lowest BCUT2D eigenvalue weighted by Gasteiger charge is -2.33. The van der Waals surface area contributed by atoms with Crippen LogP contribution in [0.5, 0.6) is 0 Å². The molecule has 1 unspecified atom stereocenters. The lowest BCUT2D eigenvalue weighted by molar-refractivity contribution is -0.151. The number of para-hydroxylation sites is 1. The van der Waals surface area contributed by atoms with Crippen LogP contribution in [-0.4, -0.2) is 71.5 Å². The van der Waals surface area contributed by atoms with Gasteiger partial charge in [-0.1, -0.05) is 18.2 Å². The third-order valence-corrected chi connectivity index (χ3v) is 6.73. The van der Waals surface area contributed by atoms with Crippen LogP contribution in [0.4, 0.5) is 0 Å². The zero-order valence-electron chi connectivity index (χ0n) is 20.2. The van der Waals surface area contributed by atoms with Gasteiger partial charge in [-0.2, -0.15) is 0 Å². The molecule has 3 heterocycles. The van der Waals surface area contributed by atoms with Crippen molar-refractivity contribution in [3.63, 3.8) is 0 Å². The van der Waals surface area contributed by atoms with Crippen molar-refractivity contribution < 1.29 is 23.9 Å². The molecule has 0 radical (unpaired) electrons. The summed E-state index contributed by atoms with van der Waals surface area (Å²) in [6, 6.07) is 7.90. The highest BCUT2D eigenvalue weighted by Crippen LogP contribution is 2.29. The van der Waals surface area contributed by atoms with E-state index in [9.17, 15) is 14.4 Å². The van der Waals surface area contributed by atoms with Crippen LogP contribution in [0.25, 0.3) is 10.9 Å². The molecule has 2 aromatic rings. The monoisotopic (exact) mass is 467 g/mol. The number of nitrogens with zero attached hydrogens (tertiary/aromatic N) is 3. The van der Waals surface area contributed by atoms with Crippen LogP contribution in [-0.2, 0) is 32.0 Å². The number of hydrogen-bond donors (Lipinski definition) is 0. The highest BCUT2D eigenvalue weighted by molar-refractivity contribution is 6.05. The van der Waals surface area contributed by atoms with E-state index in [-0.39, 0.29) is 24.4 Å². The number of likely N-dealkylation sites (tertiary alicyclic amines) is 1. The number of ether oxygens (including phenoxy) is 2. The molecule has 0 bridgehead atoms. The Morgan fingerprint density at radius 2 is 1.94 bits per heavy atom. The van der Waals surface area contributed by atoms with E-state index in [1.165, 1.54) is 0 Å². The summed E-state index contributed by atoms with van der Waals surface area (Å²) in [6.45, 7) is 8.36. The molecule has 0 saturated carbocycles. The van der Waals surface area contributed by atoms with Gasteiger partial charge < -0.3 is 14.4 Å². The van der Waals surface area contributed by atoms with Gasteiger partial charge in [-0.05, 0) is 39.7 Å². The van der Waals surface area contributed by atoms with Crippen LogP contribution in [0.1, 0.15) is 55.2 Å². The van der Waals surface area contributed by atoms with Crippen LogP contribution in [0.2, 0.25) is 0 Å². The van der Waals surface area contributed by atoms with Gasteiger partial charge in [-0.15, -0.1) is 0 Å². The molecule has 2 aliphatic heterocycles. The number of benzene rings is 1. The number of hydrogen-bond acceptors (Lipinski definition) is 7. The van der Waals surface area contributed by atoms with E-state index in [0.717, 1.165) is 41.5 Å². The third-order valence-electron chi connectivity index (χ3n) is 6.73. The largest absolute Gasteiger partial charge is 0.466 e. The zero-order valence-corrected chi connectivity index (χ0v) is 20.2. The molecule has 0 aliphatic carbocycles. The average Bonchev–Trinajstić information content (AvgIpc) is 2.85. The number of carbonyl (C=O) groups is 3. The topological polar surface area (TPSA) is 89.0 Å². The maximum Gasteiger partial charge on any atom is 0.339 e. The summed E-state index contributed by atoms with van der Waals surface area (Å²) in [5.74, 6) is -1.40. The fourth-order valence-electron chi connectivity index (χ4n) is 4.83. The normalized spacial score (nSPS) is 18.6. The Kier molecular flexibility index (Phi) is 7.46. The number of rotatable bonds is 6. The molecule has 0 spiro atoms. The lowest BCUT2D eigenvalue weighted by atomic mass is 9.95. The predicted octanol–water partition coefficient (Wildman–Crippen LogP) is 2.96. The van der Waals surface area contributed by atoms with Gasteiger partial charge in [0.25, 0.3) is 5.91 Å². The first-order valence-corrected chi connectivity index (χ1v) is 12.1. The molecule has 1 saturated heterocycles. The van der Waals surface area contributed by atoms with E-state index >= 15 is 0 Å². The summed E-state index contributed by atoms with van der Waals surface area (Å²) in [4.78, 5) is 47.0. The first-order valence-electron chi connectivity index (χ1n) is 12.1. The Labute approximate surface area is 200 Å². The Balaban J connectivity index is 1.51. The van der Waals surface area contributed by atoms with Gasteiger partial charge in [0.1, 0.15) is 0 Å². The Morgan fingerprint density at radius 1 is 1.15 bits per heavy atom. The van der Waals surface area contributed by atoms with Gasteiger partial charge >= 0.3 is 11.9 Å². The van der Waals surface area contributed by atoms with Gasteiger partial charge in [0.15, 0.2) is 6.61 Å². The quantitative estimate of drug-likeness (QED) is 0.604. The third kappa shape index (κ3) is 5.06. The zero-order chi connectivity index (χ0) is 24.2. The van der Waals surface area contributed by atoms with Crippen LogP contribution >= 0.6 is 0 Å². The van der Waals surface area contributed by atoms with Gasteiger partial charge in [0.05, 0.1) is 23.6 Å². The SMILES string of the molecule is CCOC(=O)C1CCCN(C(=O)COC(=O)c2c3c(nc4ccccc24)CCN(C(C)C)C3)C1. The van der Waals surface area contributed by atoms with Crippen LogP contribution in [0.3, 0.4) is 0 Å². The van der Waals surface area contributed by atoms with Crippen LogP contribution < -0.4 is 0 Å². The Morgan fingerprint density at radius 3 is 2.71 bits per heavy atom. The number of aromatic nitrogens is 1. The number of fused-ring (bicyclic) bond motifs is 2. The standard InChI is InChI=1S/C26H33N3O5/c1-4-33-25(31)18-8-7-12-29(14-18)23(30)16-34-26(32)24-19-9-5-6-10-21(19)27-22-11-13-28(17(2)3)15-20(22)24/h5-6,9-10,17-18H,4,7-8,11-16H2,1-3H3. The molecular weight excluding hydrogens is 434 g/mol. The van der Waals surface area contributed by atoms with E-state index in [1.807, 2.05) is 24.3 Å². The van der Waals surface area contributed by atoms with Crippen LogP contribution in [0.15, 0.2) is 24.3 Å². The minimum Gasteiger partial charge on any atom is -0.466 e. The van der Waals surface area contributed by atoms with E-state index < -0.39 is 5.97 Å². The maximum atomic E-state index is 13.3. The molecule has 1 aromatic carbocycles. The molecule has 182 valence electrons. The van der Waals surface area contributed by atoms with E-state index in [4.69, 9.17) is 14.5 Å². The average molecular weight is 468 g/mol. The summed E-state index contributed by atoms with van der Waals surface area (Å²) < 4.78 is 10.7. The predicted molar refractivity (Wildman–Crippen MR) is 127 cm³/mol. The van der Waals surface area contributed by atoms with Crippen LogP contribution in [0, 0.1) is 5.92 Å². The van der Waals surface area contributed by atoms with Gasteiger partial charge in [-0.25, -0.2) is 4.79 Å². The Bertz CT molecular complexity index is 1080. The highest BCUT2D eigenvalue weighted by Gasteiger charge is 2.31. The molecule has 1 aromatic heterocycles. The molecule has 0 N–H and O–H groups in total. The van der Waals surface area contributed by atoms with E-state index in [0.29, 0.717) is 44.3 Å². The first kappa shape index (κ1) is 24.1. The molecule has 1 atom stereocenters. The summed E-state index contributed by atoms with van der Waals surface area (Å²) in [6.07, 6.45) is 2.18. The summed E-state index contributed by atoms with van der Waals surface area (Å²) in [5, 5.41) is 0.740. The fraction of sp³-hybridized carbons (Fsp3) is 0.538. The van der Waals surface area contributed by atoms with Crippen molar-refractivity contribution in [1.29, 1.82) is 0 Å². The number of carbonyl (C=O) groups excluding carboxylic acids is 3. The molecule has 8 heteroatoms. The van der Waals surface area contributed by atoms with Crippen molar-refractivity contribution in [2.45, 2.75) is 52.6 Å². The minimum atomic E-state index is -0.507. The van der Waals surface area contributed by atoms with E-state index in [1.54, 1.807) is 11.8 Å². The van der Waals surface area contributed by atoms with Crippen molar-refractivity contribution >= 4 is 28.7 Å². The summed E-state index contributed by atoms with van der Waals surface area (Å²) in [7, 11) is 0. The second-order valence-electron chi connectivity index (χ2n) is 9.25. The fourth-order valence-corrected chi connectivity index (χ4v) is 4.83. The second kappa shape index (κ2) is 10.5. The Hall–Kier alpha value is -3.00. The highest BCUT2D eigenvalue weighted by atomic mass is 16.5. The van der Waals surface area contributed by atoms with Crippen molar-refractivity contribution in [2.24, 2.45) is 5.92 Å². The number of amides is 1. The molecule has 8 nitrogen and oxygen atoms in total. The van der Waals surface area contributed by atoms with Crippen molar-refractivity contribution in [3.8, 4) is 0 Å². The van der Waals surface area contributed by atoms with Gasteiger partial charge in [-0.3, -0.25) is 19.5 Å². The molecule has 1 fully saturated rings. The maximum absolute atomic E-state index is 13.3. The molecule has 34 heavy (non-hydrogen) atoms. The molecule has 1 amide bonds. The number of pyridine rings is 1. The minimum absolute atomic E-state index is 0.276. The molecule has 4 rings (SSSR count).